The summed E-state index contributed by atoms with van der Waals surface area (Å²) < 4.78 is 11.3. The van der Waals surface area contributed by atoms with Crippen molar-refractivity contribution in [3.8, 4) is 11.5 Å². The van der Waals surface area contributed by atoms with E-state index in [2.05, 4.69) is 12.2 Å². The van der Waals surface area contributed by atoms with Gasteiger partial charge in [-0.25, -0.2) is 0 Å². The van der Waals surface area contributed by atoms with Gasteiger partial charge in [-0.05, 0) is 30.7 Å². The van der Waals surface area contributed by atoms with Crippen LogP contribution in [-0.2, 0) is 4.79 Å². The Morgan fingerprint density at radius 2 is 1.62 bits per heavy atom. The predicted molar refractivity (Wildman–Crippen MR) is 96.6 cm³/mol. The summed E-state index contributed by atoms with van der Waals surface area (Å²) in [5.41, 5.74) is 0.762. The van der Waals surface area contributed by atoms with E-state index < -0.39 is 0 Å². The van der Waals surface area contributed by atoms with Crippen molar-refractivity contribution in [2.45, 2.75) is 32.6 Å². The fourth-order valence-corrected chi connectivity index (χ4v) is 2.26. The molecule has 2 rings (SSSR count). The van der Waals surface area contributed by atoms with Gasteiger partial charge in [-0.15, -0.1) is 0 Å². The maximum atomic E-state index is 11.8. The van der Waals surface area contributed by atoms with Crippen LogP contribution in [0.5, 0.6) is 11.5 Å². The van der Waals surface area contributed by atoms with E-state index in [1.807, 2.05) is 54.6 Å². The van der Waals surface area contributed by atoms with E-state index in [1.54, 1.807) is 0 Å². The molecular formula is C20H25NO3. The fraction of sp³-hybridized carbons (Fsp3) is 0.350. The van der Waals surface area contributed by atoms with Crippen LogP contribution in [-0.4, -0.2) is 19.1 Å². The van der Waals surface area contributed by atoms with Crippen molar-refractivity contribution < 1.29 is 14.3 Å². The molecular weight excluding hydrogens is 302 g/mol. The van der Waals surface area contributed by atoms with Crippen LogP contribution in [0.15, 0.2) is 54.6 Å². The molecule has 0 atom stereocenters. The molecule has 2 aromatic rings. The lowest BCUT2D eigenvalue weighted by Crippen LogP contribution is -2.12. The minimum Gasteiger partial charge on any atom is -0.490 e. The second-order valence-electron chi connectivity index (χ2n) is 5.54. The number of rotatable bonds is 10. The number of ether oxygens (including phenoxy) is 2. The normalized spacial score (nSPS) is 10.2. The molecule has 0 unspecified atom stereocenters. The maximum absolute atomic E-state index is 11.8. The van der Waals surface area contributed by atoms with Gasteiger partial charge in [0, 0.05) is 18.2 Å². The van der Waals surface area contributed by atoms with Gasteiger partial charge in [-0.3, -0.25) is 4.79 Å². The molecule has 0 spiro atoms. The second kappa shape index (κ2) is 10.3. The topological polar surface area (TPSA) is 47.6 Å². The first-order valence-electron chi connectivity index (χ1n) is 8.48. The lowest BCUT2D eigenvalue weighted by Gasteiger charge is -2.10. The zero-order valence-corrected chi connectivity index (χ0v) is 14.2. The van der Waals surface area contributed by atoms with Gasteiger partial charge in [0.2, 0.25) is 5.91 Å². The SMILES string of the molecule is CCCCCC(=O)Nc1cccc(OCCOc2ccccc2)c1. The highest BCUT2D eigenvalue weighted by Gasteiger charge is 2.03. The number of carbonyl (C=O) groups is 1. The molecule has 0 bridgehead atoms. The Bertz CT molecular complexity index is 613. The standard InChI is InChI=1S/C20H25NO3/c1-2-3-5-13-20(22)21-17-9-8-12-19(16-17)24-15-14-23-18-10-6-4-7-11-18/h4,6-12,16H,2-3,5,13-15H2,1H3,(H,21,22). The van der Waals surface area contributed by atoms with Gasteiger partial charge in [-0.1, -0.05) is 44.0 Å². The molecule has 0 aliphatic rings. The van der Waals surface area contributed by atoms with E-state index in [4.69, 9.17) is 9.47 Å². The average Bonchev–Trinajstić information content (AvgIpc) is 2.60. The van der Waals surface area contributed by atoms with Crippen LogP contribution in [0.25, 0.3) is 0 Å². The molecule has 4 nitrogen and oxygen atoms in total. The molecule has 0 aliphatic heterocycles. The molecule has 0 heterocycles. The molecule has 128 valence electrons. The van der Waals surface area contributed by atoms with Crippen molar-refractivity contribution in [1.82, 2.24) is 0 Å². The third-order valence-corrected chi connectivity index (χ3v) is 3.49. The van der Waals surface area contributed by atoms with Crippen molar-refractivity contribution in [2.24, 2.45) is 0 Å². The second-order valence-corrected chi connectivity index (χ2v) is 5.54. The zero-order valence-electron chi connectivity index (χ0n) is 14.2. The number of amides is 1. The lowest BCUT2D eigenvalue weighted by atomic mass is 10.2. The minimum absolute atomic E-state index is 0.0491. The third kappa shape index (κ3) is 6.73. The van der Waals surface area contributed by atoms with Crippen LogP contribution in [0.2, 0.25) is 0 Å². The summed E-state index contributed by atoms with van der Waals surface area (Å²) in [4.78, 5) is 11.8. The molecule has 0 radical (unpaired) electrons. The van der Waals surface area contributed by atoms with E-state index >= 15 is 0 Å². The minimum atomic E-state index is 0.0491. The number of hydrogen-bond donors (Lipinski definition) is 1. The Balaban J connectivity index is 1.72. The highest BCUT2D eigenvalue weighted by Crippen LogP contribution is 2.18. The lowest BCUT2D eigenvalue weighted by molar-refractivity contribution is -0.116. The van der Waals surface area contributed by atoms with E-state index in [-0.39, 0.29) is 5.91 Å². The number of carbonyl (C=O) groups excluding carboxylic acids is 1. The summed E-state index contributed by atoms with van der Waals surface area (Å²) in [5, 5.41) is 2.91. The monoisotopic (exact) mass is 327 g/mol. The number of unbranched alkanes of at least 4 members (excludes halogenated alkanes) is 2. The molecule has 0 saturated heterocycles. The molecule has 0 fully saturated rings. The van der Waals surface area contributed by atoms with Crippen LogP contribution < -0.4 is 14.8 Å². The molecule has 4 heteroatoms. The van der Waals surface area contributed by atoms with Gasteiger partial charge in [0.1, 0.15) is 24.7 Å². The van der Waals surface area contributed by atoms with Crippen LogP contribution in [0.4, 0.5) is 5.69 Å². The Hall–Kier alpha value is -2.49. The van der Waals surface area contributed by atoms with Crippen molar-refractivity contribution in [2.75, 3.05) is 18.5 Å². The molecule has 2 aromatic carbocycles. The third-order valence-electron chi connectivity index (χ3n) is 3.49. The Morgan fingerprint density at radius 3 is 2.38 bits per heavy atom. The summed E-state index contributed by atoms with van der Waals surface area (Å²) in [7, 11) is 0. The predicted octanol–water partition coefficient (Wildman–Crippen LogP) is 4.66. The first kappa shape index (κ1) is 17.9. The van der Waals surface area contributed by atoms with E-state index in [0.717, 1.165) is 36.4 Å². The summed E-state index contributed by atoms with van der Waals surface area (Å²) in [5.74, 6) is 1.60. The highest BCUT2D eigenvalue weighted by molar-refractivity contribution is 5.90. The summed E-state index contributed by atoms with van der Waals surface area (Å²) >= 11 is 0. The van der Waals surface area contributed by atoms with Gasteiger partial charge >= 0.3 is 0 Å². The van der Waals surface area contributed by atoms with Crippen molar-refractivity contribution in [3.05, 3.63) is 54.6 Å². The van der Waals surface area contributed by atoms with Crippen molar-refractivity contribution >= 4 is 11.6 Å². The summed E-state index contributed by atoms with van der Waals surface area (Å²) in [6.45, 7) is 3.04. The Labute approximate surface area is 143 Å². The van der Waals surface area contributed by atoms with Gasteiger partial charge in [0.05, 0.1) is 0 Å². The molecule has 24 heavy (non-hydrogen) atoms. The van der Waals surface area contributed by atoms with Gasteiger partial charge < -0.3 is 14.8 Å². The van der Waals surface area contributed by atoms with E-state index in [9.17, 15) is 4.79 Å². The molecule has 1 N–H and O–H groups in total. The Morgan fingerprint density at radius 1 is 0.917 bits per heavy atom. The van der Waals surface area contributed by atoms with Crippen LogP contribution in [0, 0.1) is 0 Å². The van der Waals surface area contributed by atoms with Gasteiger partial charge in [0.25, 0.3) is 0 Å². The molecule has 0 aliphatic carbocycles. The molecule has 0 saturated carbocycles. The smallest absolute Gasteiger partial charge is 0.224 e. The maximum Gasteiger partial charge on any atom is 0.224 e. The summed E-state index contributed by atoms with van der Waals surface area (Å²) in [6.07, 6.45) is 3.68. The van der Waals surface area contributed by atoms with Crippen molar-refractivity contribution in [3.63, 3.8) is 0 Å². The average molecular weight is 327 g/mol. The van der Waals surface area contributed by atoms with Crippen LogP contribution in [0.3, 0.4) is 0 Å². The van der Waals surface area contributed by atoms with Gasteiger partial charge in [-0.2, -0.15) is 0 Å². The number of hydrogen-bond acceptors (Lipinski definition) is 3. The number of para-hydroxylation sites is 1. The number of benzene rings is 2. The largest absolute Gasteiger partial charge is 0.490 e. The zero-order chi connectivity index (χ0) is 17.0. The fourth-order valence-electron chi connectivity index (χ4n) is 2.26. The molecule has 0 aromatic heterocycles. The Kier molecular flexibility index (Phi) is 7.68. The van der Waals surface area contributed by atoms with Gasteiger partial charge in [0.15, 0.2) is 0 Å². The van der Waals surface area contributed by atoms with Crippen LogP contribution in [0.1, 0.15) is 32.6 Å². The van der Waals surface area contributed by atoms with Crippen LogP contribution >= 0.6 is 0 Å². The van der Waals surface area contributed by atoms with E-state index in [1.165, 1.54) is 0 Å². The first-order valence-corrected chi connectivity index (χ1v) is 8.48. The van der Waals surface area contributed by atoms with E-state index in [0.29, 0.717) is 19.6 Å². The first-order chi connectivity index (χ1) is 11.8. The summed E-state index contributed by atoms with van der Waals surface area (Å²) in [6, 6.07) is 17.1. The number of anilines is 1. The highest BCUT2D eigenvalue weighted by atomic mass is 16.5. The quantitative estimate of drug-likeness (QED) is 0.645. The van der Waals surface area contributed by atoms with Crippen molar-refractivity contribution in [1.29, 1.82) is 0 Å². The molecule has 1 amide bonds. The number of nitrogens with one attached hydrogen (secondary N) is 1.